The van der Waals surface area contributed by atoms with Crippen molar-refractivity contribution in [3.8, 4) is 33.4 Å². The van der Waals surface area contributed by atoms with E-state index in [4.69, 9.17) is 27.9 Å². The smallest absolute Gasteiger partial charge is 0.399 e. The highest BCUT2D eigenvalue weighted by Crippen LogP contribution is 2.47. The van der Waals surface area contributed by atoms with Gasteiger partial charge < -0.3 is 27.9 Å². The first-order chi connectivity index (χ1) is 51.9. The van der Waals surface area contributed by atoms with E-state index in [9.17, 15) is 0 Å². The normalized spacial score (nSPS) is 17.1. The third kappa shape index (κ3) is 11.6. The van der Waals surface area contributed by atoms with Gasteiger partial charge in [-0.3, -0.25) is 0 Å². The van der Waals surface area contributed by atoms with E-state index in [1.165, 1.54) is 159 Å². The Morgan fingerprint density at radius 1 is 0.204 bits per heavy atom. The summed E-state index contributed by atoms with van der Waals surface area (Å²) in [5.41, 5.74) is 8.29. The molecular weight excluding hydrogens is 1380 g/mol. The van der Waals surface area contributed by atoms with Crippen LogP contribution in [0, 0.1) is 0 Å². The zero-order valence-corrected chi connectivity index (χ0v) is 65.3. The van der Waals surface area contributed by atoms with Gasteiger partial charge in [-0.2, -0.15) is 0 Å². The summed E-state index contributed by atoms with van der Waals surface area (Å²) in [4.78, 5) is 0. The molecule has 6 nitrogen and oxygen atoms in total. The maximum Gasteiger partial charge on any atom is 0.495 e. The van der Waals surface area contributed by atoms with Gasteiger partial charge in [-0.1, -0.05) is 200 Å². The molecule has 3 aliphatic rings. The van der Waals surface area contributed by atoms with Crippen LogP contribution in [-0.2, 0) is 27.9 Å². The van der Waals surface area contributed by atoms with E-state index in [2.05, 4.69) is 356 Å². The van der Waals surface area contributed by atoms with E-state index < -0.39 is 18.3 Å². The van der Waals surface area contributed by atoms with Crippen LogP contribution in [0.15, 0.2) is 273 Å². The summed E-state index contributed by atoms with van der Waals surface area (Å²) in [7, 11) is -1.19. The first-order valence-electron chi connectivity index (χ1n) is 37.6. The quantitative estimate of drug-likeness (QED) is 0.155. The van der Waals surface area contributed by atoms with Gasteiger partial charge in [-0.15, -0.1) is 34.0 Å². The minimum atomic E-state index is -0.423. The number of rotatable bonds is 6. The van der Waals surface area contributed by atoms with Crippen molar-refractivity contribution in [1.82, 2.24) is 0 Å². The third-order valence-electron chi connectivity index (χ3n) is 24.3. The van der Waals surface area contributed by atoms with Crippen LogP contribution in [-0.4, -0.2) is 55.0 Å². The first kappa shape index (κ1) is 69.0. The van der Waals surface area contributed by atoms with E-state index in [-0.39, 0.29) is 36.6 Å². The van der Waals surface area contributed by atoms with Crippen LogP contribution in [0.3, 0.4) is 0 Å². The van der Waals surface area contributed by atoms with Gasteiger partial charge in [0.25, 0.3) is 0 Å². The Labute approximate surface area is 643 Å². The Morgan fingerprint density at radius 2 is 0.500 bits per heavy atom. The standard InChI is InChI=1S/3C32H27BO2S/c1-31(2)32(3,4)35-33(34-31)28-14-8-12-24-23(11-7-13-25(24)28)22-15-16-29-26(18-22)27-17-20-9-5-6-10-21(20)19-30(27)36-29;1-31(2)32(3,4)35-33(34-31)27-15-13-20-9-7-8-12-24(20)30(27)23-14-16-28-25(18-23)26-17-21-10-5-6-11-22(21)19-29(26)36-28;1-31(2)32(3,4)35-33(34-31)28-15-14-23(24-11-7-8-12-25(24)28)22-13-16-29-26(18-22)27-17-20-9-5-6-10-21(20)19-30(27)36-29/h3*5-19H,1-4H3. The molecule has 0 atom stereocenters. The molecule has 528 valence electrons. The van der Waals surface area contributed by atoms with Crippen LogP contribution in [0.5, 0.6) is 0 Å². The van der Waals surface area contributed by atoms with Gasteiger partial charge in [0.15, 0.2) is 0 Å². The monoisotopic (exact) mass is 1460 g/mol. The van der Waals surface area contributed by atoms with Crippen LogP contribution < -0.4 is 16.4 Å². The van der Waals surface area contributed by atoms with Crippen LogP contribution in [0.1, 0.15) is 83.1 Å². The van der Waals surface area contributed by atoms with E-state index in [0.29, 0.717) is 0 Å². The van der Waals surface area contributed by atoms with Gasteiger partial charge in [0, 0.05) is 60.5 Å². The average Bonchev–Trinajstić information content (AvgIpc) is 1.52. The number of fused-ring (bicyclic) bond motifs is 15. The number of hydrogen-bond donors (Lipinski definition) is 0. The van der Waals surface area contributed by atoms with Gasteiger partial charge in [-0.05, 0) is 270 Å². The molecule has 3 fully saturated rings. The van der Waals surface area contributed by atoms with E-state index in [1.54, 1.807) is 0 Å². The maximum absolute atomic E-state index is 6.53. The minimum absolute atomic E-state index is 0.368. The molecule has 0 amide bonds. The molecule has 3 aliphatic heterocycles. The fraction of sp³-hybridized carbons (Fsp3) is 0.188. The van der Waals surface area contributed by atoms with E-state index in [1.807, 2.05) is 34.0 Å². The molecular formula is C96H81B3O6S3. The summed E-state index contributed by atoms with van der Waals surface area (Å²) in [5.74, 6) is 0. The molecule has 12 heteroatoms. The molecule has 6 heterocycles. The summed E-state index contributed by atoms with van der Waals surface area (Å²) in [6.45, 7) is 25.3. The molecule has 108 heavy (non-hydrogen) atoms. The SMILES string of the molecule is CC1(C)OB(c2ccc(-c3ccc4sc5cc6ccccc6cc5c4c3)c3ccccc23)OC1(C)C.CC1(C)OB(c2ccc3ccccc3c2-c2ccc3sc4cc5ccccc5cc4c3c2)OC1(C)C.CC1(C)OB(c2cccc3c(-c4ccc5sc6cc7ccccc7cc6c5c4)cccc23)OC1(C)C. The molecule has 21 rings (SSSR count). The summed E-state index contributed by atoms with van der Waals surface area (Å²) < 4.78 is 46.7. The molecule has 0 spiro atoms. The molecule has 0 saturated carbocycles. The molecule has 0 radical (unpaired) electrons. The lowest BCUT2D eigenvalue weighted by atomic mass is 9.73. The van der Waals surface area contributed by atoms with Crippen molar-refractivity contribution in [2.24, 2.45) is 0 Å². The van der Waals surface area contributed by atoms with Crippen molar-refractivity contribution in [2.45, 2.75) is 117 Å². The zero-order valence-electron chi connectivity index (χ0n) is 62.9. The minimum Gasteiger partial charge on any atom is -0.399 e. The Hall–Kier alpha value is -9.53. The molecule has 0 aliphatic carbocycles. The van der Waals surface area contributed by atoms with Crippen molar-refractivity contribution >= 4 is 197 Å². The molecule has 3 saturated heterocycles. The van der Waals surface area contributed by atoms with Gasteiger partial charge in [0.2, 0.25) is 0 Å². The Kier molecular flexibility index (Phi) is 16.3. The van der Waals surface area contributed by atoms with Gasteiger partial charge in [0.05, 0.1) is 33.6 Å². The maximum atomic E-state index is 6.53. The predicted molar refractivity (Wildman–Crippen MR) is 466 cm³/mol. The van der Waals surface area contributed by atoms with Crippen LogP contribution in [0.25, 0.3) is 159 Å². The average molecular weight is 1460 g/mol. The summed E-state index contributed by atoms with van der Waals surface area (Å²) >= 11 is 5.60. The van der Waals surface area contributed by atoms with Crippen molar-refractivity contribution < 1.29 is 27.9 Å². The lowest BCUT2D eigenvalue weighted by Gasteiger charge is -2.32. The molecule has 15 aromatic carbocycles. The van der Waals surface area contributed by atoms with Gasteiger partial charge in [-0.25, -0.2) is 0 Å². The Morgan fingerprint density at radius 3 is 0.935 bits per heavy atom. The highest BCUT2D eigenvalue weighted by molar-refractivity contribution is 7.26. The molecule has 0 unspecified atom stereocenters. The second-order valence-electron chi connectivity index (χ2n) is 32.5. The first-order valence-corrected chi connectivity index (χ1v) is 40.1. The van der Waals surface area contributed by atoms with Crippen LogP contribution in [0.4, 0.5) is 0 Å². The predicted octanol–water partition coefficient (Wildman–Crippen LogP) is 25.0. The molecule has 0 N–H and O–H groups in total. The lowest BCUT2D eigenvalue weighted by molar-refractivity contribution is 0.00578. The number of hydrogen-bond acceptors (Lipinski definition) is 9. The topological polar surface area (TPSA) is 55.4 Å². The summed E-state index contributed by atoms with van der Waals surface area (Å²) in [5, 5.41) is 22.8. The second-order valence-corrected chi connectivity index (χ2v) is 35.8. The summed E-state index contributed by atoms with van der Waals surface area (Å²) in [6.07, 6.45) is 0. The highest BCUT2D eigenvalue weighted by Gasteiger charge is 2.54. The van der Waals surface area contributed by atoms with Gasteiger partial charge in [0.1, 0.15) is 0 Å². The fourth-order valence-corrected chi connectivity index (χ4v) is 19.5. The highest BCUT2D eigenvalue weighted by atomic mass is 32.1. The zero-order chi connectivity index (χ0) is 74.0. The fourth-order valence-electron chi connectivity index (χ4n) is 16.2. The second kappa shape index (κ2) is 25.5. The van der Waals surface area contributed by atoms with Crippen molar-refractivity contribution in [2.75, 3.05) is 0 Å². The van der Waals surface area contributed by atoms with Crippen molar-refractivity contribution in [3.63, 3.8) is 0 Å². The van der Waals surface area contributed by atoms with Crippen LogP contribution >= 0.6 is 34.0 Å². The molecule has 3 aromatic heterocycles. The number of thiophene rings is 3. The van der Waals surface area contributed by atoms with Gasteiger partial charge >= 0.3 is 21.4 Å². The van der Waals surface area contributed by atoms with Crippen molar-refractivity contribution in [3.05, 3.63) is 273 Å². The van der Waals surface area contributed by atoms with Crippen molar-refractivity contribution in [1.29, 1.82) is 0 Å². The summed E-state index contributed by atoms with van der Waals surface area (Å²) in [6, 6.07) is 99.5. The Bertz CT molecular complexity index is 6440. The Balaban J connectivity index is 0.000000110. The third-order valence-corrected chi connectivity index (χ3v) is 27.7. The largest absolute Gasteiger partial charge is 0.495 e. The van der Waals surface area contributed by atoms with E-state index >= 15 is 0 Å². The molecule has 18 aromatic rings. The van der Waals surface area contributed by atoms with Crippen LogP contribution in [0.2, 0.25) is 0 Å². The molecule has 0 bridgehead atoms. The van der Waals surface area contributed by atoms with E-state index in [0.717, 1.165) is 16.4 Å². The lowest BCUT2D eigenvalue weighted by Crippen LogP contribution is -2.41. The number of benzene rings is 15.